The second-order valence-corrected chi connectivity index (χ2v) is 11.5. The molecule has 1 aromatic rings. The molecule has 0 saturated carbocycles. The van der Waals surface area contributed by atoms with Crippen LogP contribution in [0.5, 0.6) is 5.88 Å². The molecule has 1 heterocycles. The van der Waals surface area contributed by atoms with Crippen LogP contribution in [0.25, 0.3) is 0 Å². The summed E-state index contributed by atoms with van der Waals surface area (Å²) in [6.07, 6.45) is -4.49. The van der Waals surface area contributed by atoms with Crippen molar-refractivity contribution in [2.75, 3.05) is 6.61 Å². The van der Waals surface area contributed by atoms with Gasteiger partial charge < -0.3 is 4.74 Å². The topological polar surface area (TPSA) is 35.0 Å². The minimum atomic E-state index is -4.49. The largest absolute Gasteiger partial charge is 0.476 e. The van der Waals surface area contributed by atoms with Gasteiger partial charge >= 0.3 is 6.18 Å². The summed E-state index contributed by atoms with van der Waals surface area (Å²) in [4.78, 5) is 0. The van der Waals surface area contributed by atoms with Crippen LogP contribution in [0, 0.1) is 0 Å². The van der Waals surface area contributed by atoms with Crippen molar-refractivity contribution in [3.63, 3.8) is 0 Å². The Labute approximate surface area is 113 Å². The minimum Gasteiger partial charge on any atom is -0.476 e. The van der Waals surface area contributed by atoms with Crippen molar-refractivity contribution in [2.24, 2.45) is 0 Å². The monoisotopic (exact) mass is 342 g/mol. The molecule has 18 heavy (non-hydrogen) atoms. The van der Waals surface area contributed by atoms with Crippen LogP contribution in [-0.4, -0.2) is 24.9 Å². The van der Waals surface area contributed by atoms with E-state index in [9.17, 15) is 13.2 Å². The molecule has 0 aliphatic carbocycles. The summed E-state index contributed by atoms with van der Waals surface area (Å²) in [7, 11) is -1.24. The molecule has 0 bridgehead atoms. The number of nitrogens with zero attached hydrogens (tertiary/aromatic N) is 2. The Kier molecular flexibility index (Phi) is 4.76. The molecule has 0 atom stereocenters. The van der Waals surface area contributed by atoms with E-state index in [4.69, 9.17) is 4.74 Å². The quantitative estimate of drug-likeness (QED) is 0.776. The van der Waals surface area contributed by atoms with Crippen LogP contribution >= 0.6 is 15.9 Å². The number of aromatic nitrogens is 2. The fraction of sp³-hybridized carbons (Fsp3) is 0.600. The van der Waals surface area contributed by atoms with Crippen LogP contribution < -0.4 is 4.74 Å². The van der Waals surface area contributed by atoms with Gasteiger partial charge in [0.1, 0.15) is 0 Å². The average Bonchev–Trinajstić information content (AvgIpc) is 2.17. The van der Waals surface area contributed by atoms with Gasteiger partial charge in [-0.1, -0.05) is 19.6 Å². The van der Waals surface area contributed by atoms with E-state index in [2.05, 4.69) is 45.8 Å². The summed E-state index contributed by atoms with van der Waals surface area (Å²) in [5, 5.41) is 6.55. The predicted molar refractivity (Wildman–Crippen MR) is 68.4 cm³/mol. The van der Waals surface area contributed by atoms with Crippen LogP contribution in [-0.2, 0) is 6.18 Å². The molecule has 0 radical (unpaired) electrons. The summed E-state index contributed by atoms with van der Waals surface area (Å²) in [6.45, 7) is 6.99. The maximum Gasteiger partial charge on any atom is 0.435 e. The molecule has 0 N–H and O–H groups in total. The third kappa shape index (κ3) is 4.93. The van der Waals surface area contributed by atoms with Gasteiger partial charge in [0.05, 0.1) is 11.1 Å². The van der Waals surface area contributed by atoms with Crippen LogP contribution in [0.15, 0.2) is 10.5 Å². The molecular formula is C10H14BrF3N2OSi. The molecule has 0 saturated heterocycles. The van der Waals surface area contributed by atoms with Gasteiger partial charge in [-0.2, -0.15) is 13.2 Å². The second-order valence-electron chi connectivity index (χ2n) is 5.04. The van der Waals surface area contributed by atoms with Gasteiger partial charge in [0, 0.05) is 8.07 Å². The molecule has 0 aromatic carbocycles. The smallest absolute Gasteiger partial charge is 0.435 e. The fourth-order valence-electron chi connectivity index (χ4n) is 1.05. The first-order valence-electron chi connectivity index (χ1n) is 5.33. The van der Waals surface area contributed by atoms with Gasteiger partial charge in [0.15, 0.2) is 5.69 Å². The third-order valence-electron chi connectivity index (χ3n) is 2.10. The Morgan fingerprint density at radius 1 is 1.28 bits per heavy atom. The van der Waals surface area contributed by atoms with Gasteiger partial charge in [-0.3, -0.25) is 0 Å². The molecule has 0 aliphatic rings. The number of hydrogen-bond donors (Lipinski definition) is 0. The molecule has 0 amide bonds. The highest BCUT2D eigenvalue weighted by Crippen LogP contribution is 2.31. The first-order valence-corrected chi connectivity index (χ1v) is 9.83. The van der Waals surface area contributed by atoms with E-state index in [1.54, 1.807) is 0 Å². The van der Waals surface area contributed by atoms with Crippen LogP contribution in [0.4, 0.5) is 13.2 Å². The maximum atomic E-state index is 12.3. The van der Waals surface area contributed by atoms with E-state index in [1.807, 2.05) is 0 Å². The lowest BCUT2D eigenvalue weighted by Gasteiger charge is -2.16. The van der Waals surface area contributed by atoms with Crippen molar-refractivity contribution in [3.05, 3.63) is 16.2 Å². The van der Waals surface area contributed by atoms with E-state index >= 15 is 0 Å². The first kappa shape index (κ1) is 15.4. The van der Waals surface area contributed by atoms with Gasteiger partial charge in [-0.05, 0) is 28.0 Å². The average molecular weight is 343 g/mol. The molecule has 0 fully saturated rings. The van der Waals surface area contributed by atoms with E-state index in [-0.39, 0.29) is 10.4 Å². The molecule has 1 rings (SSSR count). The van der Waals surface area contributed by atoms with Gasteiger partial charge in [0.2, 0.25) is 5.88 Å². The molecule has 1 aromatic heterocycles. The molecular weight excluding hydrogens is 329 g/mol. The van der Waals surface area contributed by atoms with E-state index in [1.165, 1.54) is 0 Å². The summed E-state index contributed by atoms with van der Waals surface area (Å²) >= 11 is 3.00. The van der Waals surface area contributed by atoms with Crippen molar-refractivity contribution < 1.29 is 17.9 Å². The summed E-state index contributed by atoms with van der Waals surface area (Å²) in [5.74, 6) is 0.0984. The lowest BCUT2D eigenvalue weighted by molar-refractivity contribution is -0.141. The highest BCUT2D eigenvalue weighted by Gasteiger charge is 2.33. The normalized spacial score (nSPS) is 12.6. The number of ether oxygens (including phenoxy) is 1. The standard InChI is InChI=1S/C10H14BrF3N2OSi/c1-18(2,3)5-4-17-9-7(11)6-8(15-16-9)10(12,13)14/h6H,4-5H2,1-3H3. The summed E-state index contributed by atoms with van der Waals surface area (Å²) in [5.41, 5.74) is -1.04. The van der Waals surface area contributed by atoms with Gasteiger partial charge in [-0.25, -0.2) is 0 Å². The number of alkyl halides is 3. The highest BCUT2D eigenvalue weighted by atomic mass is 79.9. The predicted octanol–water partition coefficient (Wildman–Crippen LogP) is 3.97. The number of hydrogen-bond acceptors (Lipinski definition) is 3. The van der Waals surface area contributed by atoms with Gasteiger partial charge in [-0.15, -0.1) is 10.2 Å². The molecule has 0 unspecified atom stereocenters. The third-order valence-corrected chi connectivity index (χ3v) is 4.37. The number of halogens is 4. The zero-order chi connectivity index (χ0) is 14.0. The van der Waals surface area contributed by atoms with Crippen molar-refractivity contribution in [2.45, 2.75) is 31.9 Å². The van der Waals surface area contributed by atoms with Crippen LogP contribution in [0.3, 0.4) is 0 Å². The second kappa shape index (κ2) is 5.56. The molecule has 102 valence electrons. The zero-order valence-corrected chi connectivity index (χ0v) is 12.9. The summed E-state index contributed by atoms with van der Waals surface area (Å²) < 4.78 is 42.5. The van der Waals surface area contributed by atoms with E-state index in [0.717, 1.165) is 12.1 Å². The van der Waals surface area contributed by atoms with Crippen LogP contribution in [0.1, 0.15) is 5.69 Å². The van der Waals surface area contributed by atoms with E-state index in [0.29, 0.717) is 6.61 Å². The van der Waals surface area contributed by atoms with Crippen molar-refractivity contribution in [1.29, 1.82) is 0 Å². The Hall–Kier alpha value is -0.633. The van der Waals surface area contributed by atoms with E-state index < -0.39 is 19.9 Å². The lowest BCUT2D eigenvalue weighted by atomic mass is 10.4. The maximum absolute atomic E-state index is 12.3. The molecule has 0 spiro atoms. The Morgan fingerprint density at radius 3 is 2.33 bits per heavy atom. The zero-order valence-electron chi connectivity index (χ0n) is 10.3. The Balaban J connectivity index is 2.69. The first-order chi connectivity index (χ1) is 8.09. The van der Waals surface area contributed by atoms with Crippen molar-refractivity contribution in [3.8, 4) is 5.88 Å². The molecule has 0 aliphatic heterocycles. The summed E-state index contributed by atoms with van der Waals surface area (Å²) in [6, 6.07) is 1.78. The highest BCUT2D eigenvalue weighted by molar-refractivity contribution is 9.10. The minimum absolute atomic E-state index is 0.0984. The molecule has 8 heteroatoms. The fourth-order valence-corrected chi connectivity index (χ4v) is 2.17. The van der Waals surface area contributed by atoms with Gasteiger partial charge in [0.25, 0.3) is 0 Å². The Bertz CT molecular complexity index is 421. The number of rotatable bonds is 4. The van der Waals surface area contributed by atoms with Crippen molar-refractivity contribution in [1.82, 2.24) is 10.2 Å². The SMILES string of the molecule is C[Si](C)(C)CCOc1nnc(C(F)(F)F)cc1Br. The van der Waals surface area contributed by atoms with Crippen LogP contribution in [0.2, 0.25) is 25.7 Å². The van der Waals surface area contributed by atoms with Crippen molar-refractivity contribution >= 4 is 24.0 Å². The Morgan fingerprint density at radius 2 is 1.89 bits per heavy atom. The lowest BCUT2D eigenvalue weighted by Crippen LogP contribution is -2.22. The molecule has 3 nitrogen and oxygen atoms in total.